The molecule has 1 aromatic heterocycles. The molecule has 0 bridgehead atoms. The van der Waals surface area contributed by atoms with Crippen LogP contribution in [0.4, 0.5) is 4.39 Å². The number of hydrogen-bond acceptors (Lipinski definition) is 7. The number of aliphatic carboxylic acids is 1. The van der Waals surface area contributed by atoms with E-state index in [9.17, 15) is 34.7 Å². The summed E-state index contributed by atoms with van der Waals surface area (Å²) in [6.07, 6.45) is -0.168. The second-order valence-corrected chi connectivity index (χ2v) is 8.44. The smallest absolute Gasteiger partial charge is 0.550 e. The van der Waals surface area contributed by atoms with Gasteiger partial charge in [0.15, 0.2) is 0 Å². The number of benzene rings is 1. The van der Waals surface area contributed by atoms with E-state index in [4.69, 9.17) is 4.98 Å². The van der Waals surface area contributed by atoms with Crippen LogP contribution < -0.4 is 34.7 Å². The number of hydrogen-bond donors (Lipinski definition) is 4. The Balaban J connectivity index is 0.00000578. The van der Waals surface area contributed by atoms with Gasteiger partial charge in [0.2, 0.25) is 0 Å². The third kappa shape index (κ3) is 7.95. The van der Waals surface area contributed by atoms with Crippen LogP contribution >= 0.6 is 0 Å². The molecular weight excluding hydrogens is 452 g/mol. The molecule has 4 N–H and O–H groups in total. The summed E-state index contributed by atoms with van der Waals surface area (Å²) in [6.45, 7) is 5.11. The minimum Gasteiger partial charge on any atom is -0.550 e. The Kier molecular flexibility index (Phi) is 12.5. The van der Waals surface area contributed by atoms with E-state index in [1.807, 2.05) is 13.8 Å². The average Bonchev–Trinajstić information content (AvgIpc) is 2.75. The second kappa shape index (κ2) is 14.0. The fourth-order valence-corrected chi connectivity index (χ4v) is 3.73. The molecule has 2 aromatic rings. The molecule has 34 heavy (non-hydrogen) atoms. The molecule has 0 radical (unpaired) electrons. The zero-order valence-corrected chi connectivity index (χ0v) is 22.0. The average molecular weight is 484 g/mol. The maximum Gasteiger partial charge on any atom is 1.00 e. The van der Waals surface area contributed by atoms with Gasteiger partial charge in [0.1, 0.15) is 5.82 Å². The summed E-state index contributed by atoms with van der Waals surface area (Å²) in [7, 11) is 0. The molecule has 1 aromatic carbocycles. The maximum absolute atomic E-state index is 13.6. The van der Waals surface area contributed by atoms with Gasteiger partial charge in [-0.1, -0.05) is 45.1 Å². The number of aliphatic hydroxyl groups is 4. The van der Waals surface area contributed by atoms with Gasteiger partial charge in [-0.2, -0.15) is 0 Å². The predicted molar refractivity (Wildman–Crippen MR) is 120 cm³/mol. The molecule has 7 nitrogen and oxygen atoms in total. The van der Waals surface area contributed by atoms with E-state index < -0.39 is 30.4 Å². The fraction of sp³-hybridized carbons (Fsp3) is 0.440. The van der Waals surface area contributed by atoms with Crippen LogP contribution in [0.5, 0.6) is 0 Å². The molecular formula is C25H31FNNaO6. The number of nitrogens with zero attached hydrogens (tertiary/aromatic N) is 1. The van der Waals surface area contributed by atoms with Gasteiger partial charge in [0.25, 0.3) is 0 Å². The van der Waals surface area contributed by atoms with E-state index in [1.54, 1.807) is 25.1 Å². The van der Waals surface area contributed by atoms with Gasteiger partial charge < -0.3 is 30.3 Å². The van der Waals surface area contributed by atoms with E-state index in [2.05, 4.69) is 0 Å². The quantitative estimate of drug-likeness (QED) is 0.297. The second-order valence-electron chi connectivity index (χ2n) is 8.44. The first-order valence-electron chi connectivity index (χ1n) is 10.9. The fourth-order valence-electron chi connectivity index (χ4n) is 3.73. The van der Waals surface area contributed by atoms with Crippen molar-refractivity contribution in [2.75, 3.05) is 6.61 Å². The maximum atomic E-state index is 13.6. The normalized spacial score (nSPS) is 14.1. The Morgan fingerprint density at radius 3 is 2.24 bits per heavy atom. The zero-order chi connectivity index (χ0) is 24.7. The summed E-state index contributed by atoms with van der Waals surface area (Å²) in [5.41, 5.74) is 3.50. The summed E-state index contributed by atoms with van der Waals surface area (Å²) < 4.78 is 13.6. The van der Waals surface area contributed by atoms with Crippen molar-refractivity contribution in [3.63, 3.8) is 0 Å². The number of carbonyl (C=O) groups is 1. The van der Waals surface area contributed by atoms with Crippen molar-refractivity contribution in [2.24, 2.45) is 0 Å². The molecule has 9 heteroatoms. The molecule has 2 rings (SSSR count). The summed E-state index contributed by atoms with van der Waals surface area (Å²) >= 11 is 0. The van der Waals surface area contributed by atoms with E-state index in [-0.39, 0.29) is 61.0 Å². The van der Waals surface area contributed by atoms with Gasteiger partial charge in [0.05, 0.1) is 36.8 Å². The van der Waals surface area contributed by atoms with E-state index in [1.165, 1.54) is 18.2 Å². The van der Waals surface area contributed by atoms with Crippen molar-refractivity contribution in [3.05, 3.63) is 58.7 Å². The molecule has 0 saturated carbocycles. The Labute approximate surface area is 221 Å². The molecule has 0 amide bonds. The molecule has 0 aliphatic heterocycles. The Morgan fingerprint density at radius 2 is 1.74 bits per heavy atom. The molecule has 0 saturated heterocycles. The summed E-state index contributed by atoms with van der Waals surface area (Å²) in [5, 5.41) is 50.7. The Morgan fingerprint density at radius 1 is 1.12 bits per heavy atom. The van der Waals surface area contributed by atoms with Gasteiger partial charge in [-0.3, -0.25) is 4.98 Å². The van der Waals surface area contributed by atoms with Crippen LogP contribution in [0.2, 0.25) is 0 Å². The topological polar surface area (TPSA) is 134 Å². The minimum atomic E-state index is -1.41. The first-order valence-corrected chi connectivity index (χ1v) is 10.9. The number of carboxylic acids is 1. The first kappa shape index (κ1) is 30.4. The Hall–Kier alpha value is -1.65. The SMILES string of the molecule is CC(C)c1nc(C(C)CO)c(CO)c(-c2ccc(F)cc2)c1C=CC(O)CC(O)CC(=O)[O-].[Na+]. The number of rotatable bonds is 11. The van der Waals surface area contributed by atoms with Crippen molar-refractivity contribution < 1.29 is 64.3 Å². The number of aromatic nitrogens is 1. The minimum absolute atomic E-state index is 0. The zero-order valence-electron chi connectivity index (χ0n) is 20.0. The number of aliphatic hydroxyl groups excluding tert-OH is 4. The number of pyridine rings is 1. The van der Waals surface area contributed by atoms with E-state index in [0.717, 1.165) is 0 Å². The Bertz CT molecular complexity index is 980. The van der Waals surface area contributed by atoms with Crippen LogP contribution in [0.25, 0.3) is 17.2 Å². The van der Waals surface area contributed by atoms with Gasteiger partial charge in [-0.05, 0) is 29.2 Å². The third-order valence-electron chi connectivity index (χ3n) is 5.38. The van der Waals surface area contributed by atoms with Crippen molar-refractivity contribution in [1.29, 1.82) is 0 Å². The third-order valence-corrected chi connectivity index (χ3v) is 5.38. The van der Waals surface area contributed by atoms with Crippen molar-refractivity contribution in [3.8, 4) is 11.1 Å². The van der Waals surface area contributed by atoms with Crippen LogP contribution in [-0.4, -0.2) is 50.2 Å². The van der Waals surface area contributed by atoms with Gasteiger partial charge >= 0.3 is 29.6 Å². The van der Waals surface area contributed by atoms with Crippen LogP contribution in [0.15, 0.2) is 30.3 Å². The summed E-state index contributed by atoms with van der Waals surface area (Å²) in [6, 6.07) is 5.77. The van der Waals surface area contributed by atoms with E-state index >= 15 is 0 Å². The van der Waals surface area contributed by atoms with Gasteiger partial charge in [0, 0.05) is 35.9 Å². The number of halogens is 1. The molecule has 0 aliphatic carbocycles. The molecule has 180 valence electrons. The van der Waals surface area contributed by atoms with Crippen molar-refractivity contribution >= 4 is 12.0 Å². The summed E-state index contributed by atoms with van der Waals surface area (Å²) in [4.78, 5) is 15.4. The molecule has 3 atom stereocenters. The largest absolute Gasteiger partial charge is 1.00 e. The van der Waals surface area contributed by atoms with Crippen LogP contribution in [0.1, 0.15) is 68.0 Å². The van der Waals surface area contributed by atoms with Gasteiger partial charge in [-0.15, -0.1) is 0 Å². The predicted octanol–water partition coefficient (Wildman–Crippen LogP) is -1.13. The van der Waals surface area contributed by atoms with Crippen molar-refractivity contribution in [1.82, 2.24) is 4.98 Å². The molecule has 0 aliphatic rings. The number of carboxylic acid groups (broad SMARTS) is 1. The van der Waals surface area contributed by atoms with Gasteiger partial charge in [-0.25, -0.2) is 4.39 Å². The molecule has 0 spiro atoms. The summed E-state index contributed by atoms with van der Waals surface area (Å²) in [5.74, 6) is -2.25. The monoisotopic (exact) mass is 483 g/mol. The van der Waals surface area contributed by atoms with Crippen molar-refractivity contribution in [2.45, 2.75) is 64.3 Å². The first-order chi connectivity index (χ1) is 15.6. The van der Waals surface area contributed by atoms with Crippen LogP contribution in [0.3, 0.4) is 0 Å². The number of carbonyl (C=O) groups excluding carboxylic acids is 1. The van der Waals surface area contributed by atoms with Crippen LogP contribution in [0, 0.1) is 5.82 Å². The molecule has 1 heterocycles. The van der Waals surface area contributed by atoms with Crippen LogP contribution in [-0.2, 0) is 11.4 Å². The molecule has 0 fully saturated rings. The van der Waals surface area contributed by atoms with E-state index in [0.29, 0.717) is 33.6 Å². The standard InChI is InChI=1S/C25H32FNO6.Na/c1-14(2)24-20(9-8-18(30)10-19(31)11-22(32)33)23(16-4-6-17(26)7-5-16)21(13-29)25(27-24)15(3)12-28;/h4-9,14-15,18-19,28-31H,10-13H2,1-3H3,(H,32,33);/q;+1/p-1. The molecule has 3 unspecified atom stereocenters.